The lowest BCUT2D eigenvalue weighted by atomic mass is 9.90. The van der Waals surface area contributed by atoms with Gasteiger partial charge in [-0.2, -0.15) is 9.71 Å². The molecule has 1 saturated carbocycles. The molecule has 0 aromatic carbocycles. The molecule has 0 spiro atoms. The summed E-state index contributed by atoms with van der Waals surface area (Å²) in [5, 5.41) is 16.8. The fraction of sp³-hybridized carbons (Fsp3) is 0.667. The number of aryl methyl sites for hydroxylation is 1. The zero-order valence-electron chi connectivity index (χ0n) is 10.1. The first kappa shape index (κ1) is 12.0. The Labute approximate surface area is 101 Å². The second-order valence-corrected chi connectivity index (χ2v) is 4.69. The summed E-state index contributed by atoms with van der Waals surface area (Å²) < 4.78 is 6.35. The number of nitrogens with one attached hydrogen (secondary N) is 1. The quantitative estimate of drug-likeness (QED) is 0.788. The first-order valence-electron chi connectivity index (χ1n) is 6.14. The van der Waals surface area contributed by atoms with Gasteiger partial charge in [0.05, 0.1) is 12.3 Å². The molecular formula is C12H19N3O2. The van der Waals surface area contributed by atoms with Gasteiger partial charge in [0.1, 0.15) is 0 Å². The van der Waals surface area contributed by atoms with Crippen LogP contribution in [0.1, 0.15) is 37.8 Å². The Bertz CT molecular complexity index is 436. The van der Waals surface area contributed by atoms with E-state index in [4.69, 9.17) is 10.1 Å². The van der Waals surface area contributed by atoms with E-state index in [0.29, 0.717) is 24.1 Å². The summed E-state index contributed by atoms with van der Waals surface area (Å²) in [6, 6.07) is 1.65. The van der Waals surface area contributed by atoms with Crippen LogP contribution in [-0.2, 0) is 0 Å². The molecule has 1 aliphatic carbocycles. The van der Waals surface area contributed by atoms with Gasteiger partial charge in [0.25, 0.3) is 5.62 Å². The van der Waals surface area contributed by atoms with Crippen LogP contribution < -0.4 is 10.4 Å². The van der Waals surface area contributed by atoms with Gasteiger partial charge in [-0.1, -0.05) is 19.3 Å². The van der Waals surface area contributed by atoms with Gasteiger partial charge in [-0.15, -0.1) is 0 Å². The molecule has 5 heteroatoms. The number of rotatable bonds is 3. The van der Waals surface area contributed by atoms with Crippen LogP contribution in [-0.4, -0.2) is 21.5 Å². The maximum atomic E-state index is 9.36. The second kappa shape index (κ2) is 5.21. The highest BCUT2D eigenvalue weighted by atomic mass is 16.5. The third kappa shape index (κ3) is 2.99. The molecule has 1 heterocycles. The van der Waals surface area contributed by atoms with Gasteiger partial charge >= 0.3 is 0 Å². The summed E-state index contributed by atoms with van der Waals surface area (Å²) in [7, 11) is 0. The zero-order chi connectivity index (χ0) is 12.3. The predicted octanol–water partition coefficient (Wildman–Crippen LogP) is 1.87. The van der Waals surface area contributed by atoms with Gasteiger partial charge in [0.15, 0.2) is 0 Å². The van der Waals surface area contributed by atoms with Crippen molar-refractivity contribution < 1.29 is 9.94 Å². The molecular weight excluding hydrogens is 218 g/mol. The maximum Gasteiger partial charge on any atom is 0.258 e. The van der Waals surface area contributed by atoms with Gasteiger partial charge < -0.3 is 9.94 Å². The van der Waals surface area contributed by atoms with E-state index in [-0.39, 0.29) is 5.62 Å². The van der Waals surface area contributed by atoms with Crippen LogP contribution in [0.5, 0.6) is 5.88 Å². The van der Waals surface area contributed by atoms with E-state index >= 15 is 0 Å². The van der Waals surface area contributed by atoms with Crippen molar-refractivity contribution in [2.45, 2.75) is 39.0 Å². The topological polar surface area (TPSA) is 71.1 Å². The summed E-state index contributed by atoms with van der Waals surface area (Å²) in [5.74, 6) is 1.05. The average Bonchev–Trinajstić information content (AvgIpc) is 2.34. The Morgan fingerprint density at radius 1 is 1.47 bits per heavy atom. The molecule has 2 rings (SSSR count). The molecule has 1 aromatic rings. The Balaban J connectivity index is 1.96. The highest BCUT2D eigenvalue weighted by molar-refractivity contribution is 5.12. The Morgan fingerprint density at radius 2 is 2.18 bits per heavy atom. The summed E-state index contributed by atoms with van der Waals surface area (Å²) in [4.78, 5) is 3.88. The lowest BCUT2D eigenvalue weighted by Crippen LogP contribution is -2.24. The standard InChI is InChI=1S/C12H19N3O2/c1-9-7-11(14-12(13)15(9)16)17-8-10-5-3-2-4-6-10/h7,10,13,16H,2-6,8H2,1H3. The lowest BCUT2D eigenvalue weighted by Gasteiger charge is -2.21. The van der Waals surface area contributed by atoms with Crippen molar-refractivity contribution in [3.63, 3.8) is 0 Å². The largest absolute Gasteiger partial charge is 0.477 e. The number of aromatic nitrogens is 2. The van der Waals surface area contributed by atoms with Crippen molar-refractivity contribution in [1.82, 2.24) is 9.71 Å². The second-order valence-electron chi connectivity index (χ2n) is 4.69. The monoisotopic (exact) mass is 237 g/mol. The maximum absolute atomic E-state index is 9.36. The molecule has 0 radical (unpaired) electrons. The van der Waals surface area contributed by atoms with Crippen molar-refractivity contribution in [2.24, 2.45) is 5.92 Å². The third-order valence-electron chi connectivity index (χ3n) is 3.27. The smallest absolute Gasteiger partial charge is 0.258 e. The Hall–Kier alpha value is -1.52. The van der Waals surface area contributed by atoms with Crippen LogP contribution in [0.15, 0.2) is 6.07 Å². The number of nitrogens with zero attached hydrogens (tertiary/aromatic N) is 2. The van der Waals surface area contributed by atoms with Crippen LogP contribution in [0.4, 0.5) is 0 Å². The fourth-order valence-electron chi connectivity index (χ4n) is 2.22. The number of ether oxygens (including phenoxy) is 1. The van der Waals surface area contributed by atoms with Crippen molar-refractivity contribution in [2.75, 3.05) is 6.61 Å². The highest BCUT2D eigenvalue weighted by Crippen LogP contribution is 2.24. The number of hydrogen-bond acceptors (Lipinski definition) is 4. The minimum atomic E-state index is -0.191. The van der Waals surface area contributed by atoms with Crippen molar-refractivity contribution in [3.05, 3.63) is 17.4 Å². The third-order valence-corrected chi connectivity index (χ3v) is 3.27. The molecule has 2 N–H and O–H groups in total. The molecule has 5 nitrogen and oxygen atoms in total. The molecule has 17 heavy (non-hydrogen) atoms. The molecule has 94 valence electrons. The van der Waals surface area contributed by atoms with Crippen LogP contribution >= 0.6 is 0 Å². The van der Waals surface area contributed by atoms with Gasteiger partial charge in [-0.3, -0.25) is 5.41 Å². The van der Waals surface area contributed by atoms with E-state index in [1.807, 2.05) is 0 Å². The molecule has 0 atom stereocenters. The van der Waals surface area contributed by atoms with Crippen LogP contribution in [0, 0.1) is 18.3 Å². The molecule has 1 fully saturated rings. The van der Waals surface area contributed by atoms with Gasteiger partial charge in [0.2, 0.25) is 5.88 Å². The molecule has 1 aromatic heterocycles. The molecule has 0 saturated heterocycles. The van der Waals surface area contributed by atoms with E-state index in [1.54, 1.807) is 13.0 Å². The zero-order valence-corrected chi connectivity index (χ0v) is 10.1. The van der Waals surface area contributed by atoms with Crippen LogP contribution in [0.25, 0.3) is 0 Å². The molecule has 1 aliphatic rings. The predicted molar refractivity (Wildman–Crippen MR) is 62.1 cm³/mol. The van der Waals surface area contributed by atoms with Gasteiger partial charge in [-0.05, 0) is 25.7 Å². The molecule has 0 bridgehead atoms. The molecule has 0 aliphatic heterocycles. The van der Waals surface area contributed by atoms with Crippen LogP contribution in [0.2, 0.25) is 0 Å². The van der Waals surface area contributed by atoms with E-state index in [1.165, 1.54) is 32.1 Å². The summed E-state index contributed by atoms with van der Waals surface area (Å²) in [6.07, 6.45) is 6.35. The Kier molecular flexibility index (Phi) is 3.66. The van der Waals surface area contributed by atoms with E-state index in [0.717, 1.165) is 4.73 Å². The molecule has 0 unspecified atom stereocenters. The van der Waals surface area contributed by atoms with E-state index < -0.39 is 0 Å². The summed E-state index contributed by atoms with van der Waals surface area (Å²) >= 11 is 0. The average molecular weight is 237 g/mol. The summed E-state index contributed by atoms with van der Waals surface area (Å²) in [5.41, 5.74) is 0.368. The normalized spacial score (nSPS) is 17.0. The van der Waals surface area contributed by atoms with Crippen molar-refractivity contribution in [3.8, 4) is 5.88 Å². The van der Waals surface area contributed by atoms with Crippen molar-refractivity contribution >= 4 is 0 Å². The minimum Gasteiger partial charge on any atom is -0.477 e. The SMILES string of the molecule is Cc1cc(OCC2CCCCC2)nc(=N)n1O. The first-order valence-corrected chi connectivity index (χ1v) is 6.14. The van der Waals surface area contributed by atoms with Crippen LogP contribution in [0.3, 0.4) is 0 Å². The van der Waals surface area contributed by atoms with Gasteiger partial charge in [0, 0.05) is 6.07 Å². The number of hydrogen-bond donors (Lipinski definition) is 2. The lowest BCUT2D eigenvalue weighted by molar-refractivity contribution is 0.151. The Morgan fingerprint density at radius 3 is 2.82 bits per heavy atom. The highest BCUT2D eigenvalue weighted by Gasteiger charge is 2.14. The van der Waals surface area contributed by atoms with E-state index in [9.17, 15) is 5.21 Å². The van der Waals surface area contributed by atoms with Crippen molar-refractivity contribution in [1.29, 1.82) is 5.41 Å². The summed E-state index contributed by atoms with van der Waals surface area (Å²) in [6.45, 7) is 2.38. The minimum absolute atomic E-state index is 0.191. The fourth-order valence-corrected chi connectivity index (χ4v) is 2.22. The van der Waals surface area contributed by atoms with Gasteiger partial charge in [-0.25, -0.2) is 0 Å². The molecule has 0 amide bonds. The first-order chi connectivity index (χ1) is 8.16. The van der Waals surface area contributed by atoms with E-state index in [2.05, 4.69) is 4.98 Å².